The fraction of sp³-hybridized carbons (Fsp3) is 0.278. The number of thioether (sulfide) groups is 1. The quantitative estimate of drug-likeness (QED) is 0.714. The fourth-order valence-electron chi connectivity index (χ4n) is 3.47. The number of nitrogens with two attached hydrogens (primary N) is 1. The van der Waals surface area contributed by atoms with Crippen molar-refractivity contribution in [3.05, 3.63) is 53.6 Å². The molecule has 0 bridgehead atoms. The predicted octanol–water partition coefficient (Wildman–Crippen LogP) is 3.03. The van der Waals surface area contributed by atoms with Crippen LogP contribution in [-0.2, 0) is 0 Å². The van der Waals surface area contributed by atoms with E-state index in [-0.39, 0.29) is 17.6 Å². The molecule has 1 amide bonds. The Hall–Kier alpha value is -2.61. The van der Waals surface area contributed by atoms with Crippen LogP contribution in [0.5, 0.6) is 0 Å². The second-order valence-electron chi connectivity index (χ2n) is 6.25. The summed E-state index contributed by atoms with van der Waals surface area (Å²) in [6, 6.07) is 8.89. The maximum absolute atomic E-state index is 14.0. The molecule has 26 heavy (non-hydrogen) atoms. The minimum atomic E-state index is -0.574. The highest BCUT2D eigenvalue weighted by molar-refractivity contribution is 7.98. The maximum atomic E-state index is 14.0. The summed E-state index contributed by atoms with van der Waals surface area (Å²) >= 11 is 1.52. The molecule has 1 aromatic carbocycles. The van der Waals surface area contributed by atoms with Crippen LogP contribution >= 0.6 is 11.8 Å². The standard InChI is InChI=1S/C18H18FN5OS/c1-26-13-8-11(7-12(19)9-13)14-3-2-6-23(14)17-5-4-16-21-10-15(18(20)25)24(16)22-17/h4-5,7-10,14H,2-3,6H2,1H3,(H2,20,25)/t14-/m1/s1. The van der Waals surface area contributed by atoms with E-state index in [1.807, 2.05) is 24.5 Å². The van der Waals surface area contributed by atoms with Crippen molar-refractivity contribution in [2.45, 2.75) is 23.8 Å². The van der Waals surface area contributed by atoms with Gasteiger partial charge in [-0.05, 0) is 55.0 Å². The highest BCUT2D eigenvalue weighted by Gasteiger charge is 2.28. The molecule has 0 radical (unpaired) electrons. The van der Waals surface area contributed by atoms with Gasteiger partial charge in [-0.25, -0.2) is 13.9 Å². The SMILES string of the molecule is CSc1cc(F)cc([C@H]2CCCN2c2ccc3ncc(C(N)=O)n3n2)c1. The van der Waals surface area contributed by atoms with E-state index in [4.69, 9.17) is 5.73 Å². The molecule has 6 nitrogen and oxygen atoms in total. The molecule has 134 valence electrons. The molecule has 0 saturated carbocycles. The van der Waals surface area contributed by atoms with Crippen LogP contribution in [0.1, 0.15) is 34.9 Å². The van der Waals surface area contributed by atoms with Gasteiger partial charge in [0.15, 0.2) is 5.65 Å². The van der Waals surface area contributed by atoms with Crippen LogP contribution in [0.4, 0.5) is 10.2 Å². The number of carbonyl (C=O) groups excluding carboxylic acids is 1. The molecule has 3 aromatic rings. The number of amides is 1. The lowest BCUT2D eigenvalue weighted by atomic mass is 10.0. The van der Waals surface area contributed by atoms with Gasteiger partial charge in [0.25, 0.3) is 5.91 Å². The van der Waals surface area contributed by atoms with Gasteiger partial charge in [-0.2, -0.15) is 0 Å². The molecule has 8 heteroatoms. The number of carbonyl (C=O) groups is 1. The van der Waals surface area contributed by atoms with E-state index < -0.39 is 5.91 Å². The van der Waals surface area contributed by atoms with Gasteiger partial charge in [0.1, 0.15) is 17.3 Å². The van der Waals surface area contributed by atoms with Gasteiger partial charge in [-0.1, -0.05) is 0 Å². The molecule has 3 heterocycles. The summed E-state index contributed by atoms with van der Waals surface area (Å²) in [7, 11) is 0. The number of hydrogen-bond donors (Lipinski definition) is 1. The lowest BCUT2D eigenvalue weighted by Gasteiger charge is -2.26. The van der Waals surface area contributed by atoms with Crippen molar-refractivity contribution in [2.75, 3.05) is 17.7 Å². The second-order valence-corrected chi connectivity index (χ2v) is 7.12. The van der Waals surface area contributed by atoms with E-state index in [9.17, 15) is 9.18 Å². The molecule has 0 unspecified atom stereocenters. The normalized spacial score (nSPS) is 17.2. The summed E-state index contributed by atoms with van der Waals surface area (Å²) in [5.41, 5.74) is 7.14. The lowest BCUT2D eigenvalue weighted by Crippen LogP contribution is -2.25. The minimum Gasteiger partial charge on any atom is -0.364 e. The van der Waals surface area contributed by atoms with Crippen molar-refractivity contribution in [1.29, 1.82) is 0 Å². The van der Waals surface area contributed by atoms with Crippen molar-refractivity contribution in [1.82, 2.24) is 14.6 Å². The summed E-state index contributed by atoms with van der Waals surface area (Å²) in [6.07, 6.45) is 5.27. The van der Waals surface area contributed by atoms with Crippen molar-refractivity contribution in [3.8, 4) is 0 Å². The first-order chi connectivity index (χ1) is 12.6. The number of benzene rings is 1. The van der Waals surface area contributed by atoms with Gasteiger partial charge in [0, 0.05) is 11.4 Å². The lowest BCUT2D eigenvalue weighted by molar-refractivity contribution is 0.0993. The molecule has 1 atom stereocenters. The minimum absolute atomic E-state index is 0.0436. The number of aromatic nitrogens is 3. The Kier molecular flexibility index (Phi) is 4.28. The summed E-state index contributed by atoms with van der Waals surface area (Å²) in [5, 5.41) is 4.56. The smallest absolute Gasteiger partial charge is 0.269 e. The summed E-state index contributed by atoms with van der Waals surface area (Å²) in [4.78, 5) is 18.8. The van der Waals surface area contributed by atoms with Gasteiger partial charge < -0.3 is 10.6 Å². The zero-order valence-electron chi connectivity index (χ0n) is 14.2. The second kappa shape index (κ2) is 6.60. The zero-order valence-corrected chi connectivity index (χ0v) is 15.0. The van der Waals surface area contributed by atoms with E-state index in [1.54, 1.807) is 12.1 Å². The number of halogens is 1. The van der Waals surface area contributed by atoms with Crippen LogP contribution in [0.25, 0.3) is 5.65 Å². The topological polar surface area (TPSA) is 76.5 Å². The summed E-state index contributed by atoms with van der Waals surface area (Å²) < 4.78 is 15.5. The molecule has 0 aliphatic carbocycles. The van der Waals surface area contributed by atoms with Gasteiger partial charge in [-0.15, -0.1) is 16.9 Å². The van der Waals surface area contributed by atoms with Crippen LogP contribution in [-0.4, -0.2) is 33.3 Å². The van der Waals surface area contributed by atoms with E-state index in [0.717, 1.165) is 35.7 Å². The average Bonchev–Trinajstić information content (AvgIpc) is 3.27. The van der Waals surface area contributed by atoms with Crippen molar-refractivity contribution < 1.29 is 9.18 Å². The molecule has 4 rings (SSSR count). The summed E-state index contributed by atoms with van der Waals surface area (Å²) in [5.74, 6) is -0.0851. The Morgan fingerprint density at radius 1 is 1.35 bits per heavy atom. The van der Waals surface area contributed by atoms with Crippen molar-refractivity contribution in [2.24, 2.45) is 5.73 Å². The molecular formula is C18H18FN5OS. The Bertz CT molecular complexity index is 989. The third kappa shape index (κ3) is 2.90. The highest BCUT2D eigenvalue weighted by Crippen LogP contribution is 2.36. The first-order valence-electron chi connectivity index (χ1n) is 8.32. The average molecular weight is 371 g/mol. The zero-order chi connectivity index (χ0) is 18.3. The maximum Gasteiger partial charge on any atom is 0.269 e. The van der Waals surface area contributed by atoms with Gasteiger partial charge in [0.05, 0.1) is 12.2 Å². The molecule has 1 aliphatic rings. The van der Waals surface area contributed by atoms with Crippen LogP contribution in [0.2, 0.25) is 0 Å². The Labute approximate surface area is 154 Å². The Morgan fingerprint density at radius 3 is 2.96 bits per heavy atom. The number of hydrogen-bond acceptors (Lipinski definition) is 5. The van der Waals surface area contributed by atoms with Crippen molar-refractivity contribution in [3.63, 3.8) is 0 Å². The number of anilines is 1. The number of nitrogens with zero attached hydrogens (tertiary/aromatic N) is 4. The first kappa shape index (κ1) is 16.8. The number of imidazole rings is 1. The van der Waals surface area contributed by atoms with Crippen LogP contribution < -0.4 is 10.6 Å². The molecule has 1 aliphatic heterocycles. The van der Waals surface area contributed by atoms with Gasteiger partial charge in [0.2, 0.25) is 0 Å². The van der Waals surface area contributed by atoms with E-state index in [1.165, 1.54) is 22.5 Å². The largest absolute Gasteiger partial charge is 0.364 e. The predicted molar refractivity (Wildman–Crippen MR) is 99.0 cm³/mol. The summed E-state index contributed by atoms with van der Waals surface area (Å²) in [6.45, 7) is 0.814. The third-order valence-electron chi connectivity index (χ3n) is 4.66. The first-order valence-corrected chi connectivity index (χ1v) is 9.55. The van der Waals surface area contributed by atoms with E-state index in [0.29, 0.717) is 5.65 Å². The number of primary amides is 1. The van der Waals surface area contributed by atoms with Crippen LogP contribution in [0.3, 0.4) is 0 Å². The monoisotopic (exact) mass is 371 g/mol. The van der Waals surface area contributed by atoms with Gasteiger partial charge in [-0.3, -0.25) is 4.79 Å². The Balaban J connectivity index is 1.75. The van der Waals surface area contributed by atoms with E-state index in [2.05, 4.69) is 15.0 Å². The molecule has 0 spiro atoms. The van der Waals surface area contributed by atoms with Crippen LogP contribution in [0, 0.1) is 5.82 Å². The number of rotatable bonds is 4. The van der Waals surface area contributed by atoms with Crippen LogP contribution in [0.15, 0.2) is 41.4 Å². The number of fused-ring (bicyclic) bond motifs is 1. The molecule has 2 N–H and O–H groups in total. The molecule has 1 saturated heterocycles. The molecular weight excluding hydrogens is 353 g/mol. The third-order valence-corrected chi connectivity index (χ3v) is 5.37. The van der Waals surface area contributed by atoms with Crippen molar-refractivity contribution >= 4 is 29.1 Å². The molecule has 1 fully saturated rings. The Morgan fingerprint density at radius 2 is 2.19 bits per heavy atom. The fourth-order valence-corrected chi connectivity index (χ4v) is 3.95. The van der Waals surface area contributed by atoms with E-state index >= 15 is 0 Å². The van der Waals surface area contributed by atoms with Gasteiger partial charge >= 0.3 is 0 Å². The highest BCUT2D eigenvalue weighted by atomic mass is 32.2. The molecule has 2 aromatic heterocycles.